The minimum atomic E-state index is -3.79. The maximum absolute atomic E-state index is 12.4. The van der Waals surface area contributed by atoms with Crippen LogP contribution in [-0.4, -0.2) is 39.5 Å². The summed E-state index contributed by atoms with van der Waals surface area (Å²) in [7, 11) is -2.21. The second kappa shape index (κ2) is 8.53. The number of nitrogens with zero attached hydrogens (tertiary/aromatic N) is 1. The van der Waals surface area contributed by atoms with Crippen molar-refractivity contribution in [2.45, 2.75) is 31.2 Å². The first kappa shape index (κ1) is 21.6. The van der Waals surface area contributed by atoms with E-state index in [1.165, 1.54) is 29.2 Å². The van der Waals surface area contributed by atoms with Crippen molar-refractivity contribution in [1.82, 2.24) is 4.72 Å². The lowest BCUT2D eigenvalue weighted by Crippen LogP contribution is -2.40. The Bertz CT molecular complexity index is 950. The fourth-order valence-corrected chi connectivity index (χ4v) is 3.82. The van der Waals surface area contributed by atoms with E-state index in [2.05, 4.69) is 4.72 Å². The topological polar surface area (TPSA) is 92.8 Å². The molecule has 0 aliphatic rings. The predicted molar refractivity (Wildman–Crippen MR) is 107 cm³/mol. The number of esters is 1. The highest BCUT2D eigenvalue weighted by molar-refractivity contribution is 7.89. The Morgan fingerprint density at radius 2 is 1.68 bits per heavy atom. The van der Waals surface area contributed by atoms with Gasteiger partial charge in [-0.05, 0) is 51.1 Å². The van der Waals surface area contributed by atoms with Crippen LogP contribution in [0.3, 0.4) is 0 Å². The summed E-state index contributed by atoms with van der Waals surface area (Å²) in [6.07, 6.45) is 0. The molecule has 1 amide bonds. The van der Waals surface area contributed by atoms with Crippen LogP contribution < -0.4 is 9.62 Å². The van der Waals surface area contributed by atoms with Crippen molar-refractivity contribution in [2.24, 2.45) is 0 Å². The lowest BCUT2D eigenvalue weighted by molar-refractivity contribution is -0.121. The van der Waals surface area contributed by atoms with E-state index in [0.29, 0.717) is 5.69 Å². The summed E-state index contributed by atoms with van der Waals surface area (Å²) in [4.78, 5) is 25.8. The normalized spacial score (nSPS) is 11.7. The van der Waals surface area contributed by atoms with Crippen LogP contribution in [0.15, 0.2) is 59.5 Å². The molecule has 0 heterocycles. The third kappa shape index (κ3) is 5.90. The molecule has 2 rings (SSSR count). The maximum Gasteiger partial charge on any atom is 0.338 e. The second-order valence-electron chi connectivity index (χ2n) is 7.25. The van der Waals surface area contributed by atoms with E-state index in [-0.39, 0.29) is 10.5 Å². The average Bonchev–Trinajstić information content (AvgIpc) is 2.64. The molecule has 150 valence electrons. The van der Waals surface area contributed by atoms with Crippen LogP contribution in [0.4, 0.5) is 5.69 Å². The molecular formula is C20H24N2O5S. The van der Waals surface area contributed by atoms with Gasteiger partial charge in [0.1, 0.15) is 0 Å². The van der Waals surface area contributed by atoms with Crippen molar-refractivity contribution < 1.29 is 22.7 Å². The summed E-state index contributed by atoms with van der Waals surface area (Å²) in [6, 6.07) is 14.4. The summed E-state index contributed by atoms with van der Waals surface area (Å²) >= 11 is 0. The lowest BCUT2D eigenvalue weighted by Gasteiger charge is -2.20. The van der Waals surface area contributed by atoms with E-state index >= 15 is 0 Å². The Balaban J connectivity index is 2.06. The fraction of sp³-hybridized carbons (Fsp3) is 0.300. The summed E-state index contributed by atoms with van der Waals surface area (Å²) in [5.41, 5.74) is 0.0564. The zero-order chi connectivity index (χ0) is 20.9. The molecule has 0 aliphatic carbocycles. The van der Waals surface area contributed by atoms with E-state index in [9.17, 15) is 18.0 Å². The maximum atomic E-state index is 12.4. The SMILES string of the molecule is CN(C(=O)COC(=O)c1cccc(S(=O)(=O)NC(C)(C)C)c1)c1ccccc1. The van der Waals surface area contributed by atoms with Crippen molar-refractivity contribution in [2.75, 3.05) is 18.6 Å². The fourth-order valence-electron chi connectivity index (χ4n) is 2.36. The number of likely N-dealkylation sites (N-methyl/N-ethyl adjacent to an activating group) is 1. The van der Waals surface area contributed by atoms with E-state index in [1.54, 1.807) is 52.1 Å². The first-order valence-corrected chi connectivity index (χ1v) is 10.1. The number of ether oxygens (including phenoxy) is 1. The van der Waals surface area contributed by atoms with Gasteiger partial charge in [-0.25, -0.2) is 17.9 Å². The Hall–Kier alpha value is -2.71. The molecule has 0 unspecified atom stereocenters. The van der Waals surface area contributed by atoms with E-state index in [4.69, 9.17) is 4.74 Å². The van der Waals surface area contributed by atoms with Gasteiger partial charge in [0.2, 0.25) is 10.0 Å². The number of para-hydroxylation sites is 1. The molecule has 2 aromatic carbocycles. The first-order valence-electron chi connectivity index (χ1n) is 8.62. The highest BCUT2D eigenvalue weighted by atomic mass is 32.2. The molecule has 0 fully saturated rings. The predicted octanol–water partition coefficient (Wildman–Crippen LogP) is 2.58. The van der Waals surface area contributed by atoms with Gasteiger partial charge in [-0.15, -0.1) is 0 Å². The number of hydrogen-bond donors (Lipinski definition) is 1. The van der Waals surface area contributed by atoms with Crippen molar-refractivity contribution in [3.05, 3.63) is 60.2 Å². The minimum absolute atomic E-state index is 0.0481. The van der Waals surface area contributed by atoms with Crippen LogP contribution in [0.1, 0.15) is 31.1 Å². The number of hydrogen-bond acceptors (Lipinski definition) is 5. The van der Waals surface area contributed by atoms with Crippen LogP contribution in [0.5, 0.6) is 0 Å². The van der Waals surface area contributed by atoms with Gasteiger partial charge in [-0.3, -0.25) is 4.79 Å². The average molecular weight is 404 g/mol. The molecule has 0 aromatic heterocycles. The Morgan fingerprint density at radius 1 is 1.04 bits per heavy atom. The summed E-state index contributed by atoms with van der Waals surface area (Å²) in [5.74, 6) is -1.18. The van der Waals surface area contributed by atoms with Gasteiger partial charge < -0.3 is 9.64 Å². The third-order valence-corrected chi connectivity index (χ3v) is 5.42. The van der Waals surface area contributed by atoms with E-state index < -0.39 is 34.0 Å². The molecule has 0 spiro atoms. The molecule has 0 bridgehead atoms. The molecule has 0 saturated heterocycles. The lowest BCUT2D eigenvalue weighted by atomic mass is 10.1. The number of carbonyl (C=O) groups excluding carboxylic acids is 2. The number of rotatable bonds is 6. The highest BCUT2D eigenvalue weighted by Crippen LogP contribution is 2.16. The molecule has 2 aromatic rings. The van der Waals surface area contributed by atoms with Crippen molar-refractivity contribution in [1.29, 1.82) is 0 Å². The Morgan fingerprint density at radius 3 is 2.29 bits per heavy atom. The van der Waals surface area contributed by atoms with E-state index in [0.717, 1.165) is 0 Å². The van der Waals surface area contributed by atoms with Crippen molar-refractivity contribution in [3.8, 4) is 0 Å². The Kier molecular flexibility index (Phi) is 6.58. The van der Waals surface area contributed by atoms with Gasteiger partial charge in [0.15, 0.2) is 6.61 Å². The van der Waals surface area contributed by atoms with Gasteiger partial charge in [-0.1, -0.05) is 24.3 Å². The number of anilines is 1. The molecule has 8 heteroatoms. The van der Waals surface area contributed by atoms with E-state index in [1.807, 2.05) is 6.07 Å². The first-order chi connectivity index (χ1) is 13.0. The summed E-state index contributed by atoms with van der Waals surface area (Å²) in [5, 5.41) is 0. The third-order valence-electron chi connectivity index (χ3n) is 3.66. The standard InChI is InChI=1S/C20H24N2O5S/c1-20(2,3)21-28(25,26)17-12-8-9-15(13-17)19(24)27-14-18(23)22(4)16-10-6-5-7-11-16/h5-13,21H,14H2,1-4H3. The summed E-state index contributed by atoms with van der Waals surface area (Å²) in [6.45, 7) is 4.70. The molecule has 0 atom stereocenters. The second-order valence-corrected chi connectivity index (χ2v) is 8.93. The highest BCUT2D eigenvalue weighted by Gasteiger charge is 2.23. The van der Waals surface area contributed by atoms with Crippen molar-refractivity contribution in [3.63, 3.8) is 0 Å². The zero-order valence-electron chi connectivity index (χ0n) is 16.3. The zero-order valence-corrected chi connectivity index (χ0v) is 17.1. The van der Waals surface area contributed by atoms with Crippen LogP contribution in [-0.2, 0) is 19.6 Å². The number of benzene rings is 2. The van der Waals surface area contributed by atoms with Crippen LogP contribution in [0.25, 0.3) is 0 Å². The van der Waals surface area contributed by atoms with Crippen molar-refractivity contribution >= 4 is 27.6 Å². The molecule has 28 heavy (non-hydrogen) atoms. The summed E-state index contributed by atoms with van der Waals surface area (Å²) < 4.78 is 32.4. The van der Waals surface area contributed by atoms with Crippen LogP contribution in [0, 0.1) is 0 Å². The number of amides is 1. The van der Waals surface area contributed by atoms with Crippen LogP contribution >= 0.6 is 0 Å². The van der Waals surface area contributed by atoms with Gasteiger partial charge in [0.25, 0.3) is 5.91 Å². The minimum Gasteiger partial charge on any atom is -0.452 e. The van der Waals surface area contributed by atoms with Gasteiger partial charge >= 0.3 is 5.97 Å². The van der Waals surface area contributed by atoms with Gasteiger partial charge in [0.05, 0.1) is 10.5 Å². The molecule has 0 radical (unpaired) electrons. The monoisotopic (exact) mass is 404 g/mol. The molecular weight excluding hydrogens is 380 g/mol. The molecule has 0 saturated carbocycles. The van der Waals surface area contributed by atoms with Crippen LogP contribution in [0.2, 0.25) is 0 Å². The Labute approximate surface area is 165 Å². The molecule has 0 aliphatic heterocycles. The largest absolute Gasteiger partial charge is 0.452 e. The smallest absolute Gasteiger partial charge is 0.338 e. The quantitative estimate of drug-likeness (QED) is 0.747. The number of carbonyl (C=O) groups is 2. The molecule has 7 nitrogen and oxygen atoms in total. The number of nitrogens with one attached hydrogen (secondary N) is 1. The molecule has 1 N–H and O–H groups in total. The van der Waals surface area contributed by atoms with Gasteiger partial charge in [-0.2, -0.15) is 0 Å². The van der Waals surface area contributed by atoms with Gasteiger partial charge in [0, 0.05) is 18.3 Å². The number of sulfonamides is 1.